The third-order valence-corrected chi connectivity index (χ3v) is 7.05. The second-order valence-electron chi connectivity index (χ2n) is 8.84. The minimum atomic E-state index is -0.410. The number of carbonyl (C=O) groups excluding carboxylic acids is 1. The minimum absolute atomic E-state index is 0.129. The lowest BCUT2D eigenvalue weighted by Crippen LogP contribution is -2.26. The molecule has 2 atom stereocenters. The van der Waals surface area contributed by atoms with Crippen LogP contribution in [0.25, 0.3) is 10.2 Å². The van der Waals surface area contributed by atoms with Gasteiger partial charge in [0.1, 0.15) is 34.6 Å². The number of aliphatic hydroxyl groups excluding tert-OH is 1. The van der Waals surface area contributed by atoms with Crippen LogP contribution in [-0.4, -0.2) is 65.3 Å². The summed E-state index contributed by atoms with van der Waals surface area (Å²) in [7, 11) is 4.00. The van der Waals surface area contributed by atoms with Gasteiger partial charge in [0.25, 0.3) is 5.91 Å². The lowest BCUT2D eigenvalue weighted by Gasteiger charge is -2.18. The topological polar surface area (TPSA) is 99.6 Å². The minimum Gasteiger partial charge on any atom is -0.488 e. The first-order chi connectivity index (χ1) is 16.3. The van der Waals surface area contributed by atoms with E-state index in [9.17, 15) is 14.3 Å². The molecule has 1 fully saturated rings. The van der Waals surface area contributed by atoms with Gasteiger partial charge in [-0.25, -0.2) is 14.4 Å². The van der Waals surface area contributed by atoms with Gasteiger partial charge in [-0.05, 0) is 64.5 Å². The van der Waals surface area contributed by atoms with E-state index in [-0.39, 0.29) is 12.0 Å². The SMILES string of the molecule is Cc1c(C(=O)NCCCN(C)C)sc2ncnc(Nc3ccc(F)cc3OC3CCC(O)C3)c12. The molecule has 3 aromatic rings. The van der Waals surface area contributed by atoms with Gasteiger partial charge >= 0.3 is 0 Å². The number of aliphatic hydroxyl groups is 1. The van der Waals surface area contributed by atoms with E-state index in [2.05, 4.69) is 25.5 Å². The standard InChI is InChI=1S/C24H30FN5O3S/c1-14-20-22(27-13-28-24(20)34-21(14)23(32)26-9-4-10-30(2)3)29-18-8-5-15(25)11-19(18)33-17-7-6-16(31)12-17/h5,8,11,13,16-17,31H,4,6-7,9-10,12H2,1-3H3,(H,26,32)(H,27,28,29). The van der Waals surface area contributed by atoms with Crippen LogP contribution in [0, 0.1) is 12.7 Å². The van der Waals surface area contributed by atoms with E-state index in [1.165, 1.54) is 29.8 Å². The highest BCUT2D eigenvalue weighted by Gasteiger charge is 2.26. The van der Waals surface area contributed by atoms with Crippen molar-refractivity contribution in [1.29, 1.82) is 0 Å². The number of nitrogens with zero attached hydrogens (tertiary/aromatic N) is 3. The normalized spacial score (nSPS) is 17.9. The van der Waals surface area contributed by atoms with Crippen LogP contribution in [0.2, 0.25) is 0 Å². The molecule has 10 heteroatoms. The molecule has 1 amide bonds. The highest BCUT2D eigenvalue weighted by molar-refractivity contribution is 7.20. The average Bonchev–Trinajstić information content (AvgIpc) is 3.36. The molecular formula is C24H30FN5O3S. The highest BCUT2D eigenvalue weighted by Crippen LogP contribution is 2.37. The van der Waals surface area contributed by atoms with Crippen molar-refractivity contribution in [2.45, 2.75) is 44.8 Å². The maximum Gasteiger partial charge on any atom is 0.261 e. The summed E-state index contributed by atoms with van der Waals surface area (Å²) < 4.78 is 20.0. The van der Waals surface area contributed by atoms with Gasteiger partial charge in [-0.2, -0.15) is 0 Å². The second kappa shape index (κ2) is 10.6. The molecule has 34 heavy (non-hydrogen) atoms. The van der Waals surface area contributed by atoms with E-state index in [0.717, 1.165) is 23.9 Å². The first-order valence-electron chi connectivity index (χ1n) is 11.4. The number of nitrogens with one attached hydrogen (secondary N) is 2. The Morgan fingerprint density at radius 2 is 2.15 bits per heavy atom. The number of hydrogen-bond acceptors (Lipinski definition) is 8. The van der Waals surface area contributed by atoms with Crippen molar-refractivity contribution in [2.75, 3.05) is 32.5 Å². The smallest absolute Gasteiger partial charge is 0.261 e. The summed E-state index contributed by atoms with van der Waals surface area (Å²) >= 11 is 1.32. The van der Waals surface area contributed by atoms with E-state index in [0.29, 0.717) is 52.8 Å². The lowest BCUT2D eigenvalue weighted by molar-refractivity contribution is 0.0956. The number of anilines is 2. The Bertz CT molecular complexity index is 1170. The molecule has 4 rings (SSSR count). The van der Waals surface area contributed by atoms with Gasteiger partial charge in [0.05, 0.1) is 22.1 Å². The number of thiophene rings is 1. The number of benzene rings is 1. The zero-order valence-corrected chi connectivity index (χ0v) is 20.4. The summed E-state index contributed by atoms with van der Waals surface area (Å²) in [5.41, 5.74) is 1.35. The maximum absolute atomic E-state index is 14.0. The van der Waals surface area contributed by atoms with Gasteiger partial charge in [0, 0.05) is 19.0 Å². The number of hydrogen-bond donors (Lipinski definition) is 3. The molecule has 3 N–H and O–H groups in total. The molecule has 1 saturated carbocycles. The summed E-state index contributed by atoms with van der Waals surface area (Å²) in [6.45, 7) is 3.37. The van der Waals surface area contributed by atoms with Gasteiger partial charge in [0.2, 0.25) is 0 Å². The molecule has 2 unspecified atom stereocenters. The van der Waals surface area contributed by atoms with Crippen LogP contribution < -0.4 is 15.4 Å². The van der Waals surface area contributed by atoms with Crippen molar-refractivity contribution < 1.29 is 19.0 Å². The number of halogens is 1. The Kier molecular flexibility index (Phi) is 7.60. The Morgan fingerprint density at radius 3 is 2.88 bits per heavy atom. The van der Waals surface area contributed by atoms with Crippen LogP contribution in [-0.2, 0) is 0 Å². The van der Waals surface area contributed by atoms with Crippen LogP contribution in [0.5, 0.6) is 5.75 Å². The Balaban J connectivity index is 1.57. The number of carbonyl (C=O) groups is 1. The lowest BCUT2D eigenvalue weighted by atomic mass is 10.2. The Hall–Kier alpha value is -2.82. The summed E-state index contributed by atoms with van der Waals surface area (Å²) in [5.74, 6) is 0.341. The van der Waals surface area contributed by atoms with E-state index < -0.39 is 11.9 Å². The molecule has 1 aromatic carbocycles. The molecule has 1 aliphatic carbocycles. The molecule has 8 nitrogen and oxygen atoms in total. The number of aryl methyl sites for hydroxylation is 1. The third-order valence-electron chi connectivity index (χ3n) is 5.85. The fraction of sp³-hybridized carbons (Fsp3) is 0.458. The third kappa shape index (κ3) is 5.63. The number of amides is 1. The molecule has 182 valence electrons. The first kappa shape index (κ1) is 24.3. The average molecular weight is 488 g/mol. The molecule has 0 aliphatic heterocycles. The molecule has 0 spiro atoms. The molecule has 0 bridgehead atoms. The van der Waals surface area contributed by atoms with Crippen molar-refractivity contribution in [3.8, 4) is 5.75 Å². The van der Waals surface area contributed by atoms with Crippen molar-refractivity contribution >= 4 is 39.0 Å². The number of ether oxygens (including phenoxy) is 1. The number of rotatable bonds is 9. The van der Waals surface area contributed by atoms with Crippen LogP contribution in [0.1, 0.15) is 40.9 Å². The molecular weight excluding hydrogens is 457 g/mol. The Morgan fingerprint density at radius 1 is 1.32 bits per heavy atom. The van der Waals surface area contributed by atoms with E-state index >= 15 is 0 Å². The molecule has 0 saturated heterocycles. The van der Waals surface area contributed by atoms with Crippen molar-refractivity contribution in [3.63, 3.8) is 0 Å². The van der Waals surface area contributed by atoms with Gasteiger partial charge in [-0.1, -0.05) is 0 Å². The highest BCUT2D eigenvalue weighted by atomic mass is 32.1. The zero-order chi connectivity index (χ0) is 24.2. The summed E-state index contributed by atoms with van der Waals surface area (Å²) in [6, 6.07) is 4.28. The monoisotopic (exact) mass is 487 g/mol. The molecule has 0 radical (unpaired) electrons. The zero-order valence-electron chi connectivity index (χ0n) is 19.6. The van der Waals surface area contributed by atoms with Gasteiger partial charge in [-0.15, -0.1) is 11.3 Å². The largest absolute Gasteiger partial charge is 0.488 e. The van der Waals surface area contributed by atoms with Crippen LogP contribution >= 0.6 is 11.3 Å². The number of aromatic nitrogens is 2. The Labute approximate surface area is 202 Å². The van der Waals surface area contributed by atoms with E-state index in [1.54, 1.807) is 6.07 Å². The van der Waals surface area contributed by atoms with Crippen LogP contribution in [0.4, 0.5) is 15.9 Å². The summed E-state index contributed by atoms with van der Waals surface area (Å²) in [4.78, 5) is 24.9. The van der Waals surface area contributed by atoms with Crippen molar-refractivity contribution in [2.24, 2.45) is 0 Å². The quantitative estimate of drug-likeness (QED) is 0.394. The summed E-state index contributed by atoms with van der Waals surface area (Å²) in [5, 5.41) is 16.8. The number of fused-ring (bicyclic) bond motifs is 1. The predicted octanol–water partition coefficient (Wildman–Crippen LogP) is 3.86. The van der Waals surface area contributed by atoms with Crippen molar-refractivity contribution in [3.05, 3.63) is 40.8 Å². The van der Waals surface area contributed by atoms with E-state index in [1.807, 2.05) is 21.0 Å². The fourth-order valence-electron chi connectivity index (χ4n) is 4.09. The van der Waals surface area contributed by atoms with Gasteiger partial charge in [-0.3, -0.25) is 4.79 Å². The van der Waals surface area contributed by atoms with Gasteiger partial charge in [0.15, 0.2) is 0 Å². The first-order valence-corrected chi connectivity index (χ1v) is 12.2. The molecule has 2 heterocycles. The summed E-state index contributed by atoms with van der Waals surface area (Å²) in [6.07, 6.45) is 3.64. The molecule has 2 aromatic heterocycles. The van der Waals surface area contributed by atoms with Crippen LogP contribution in [0.3, 0.4) is 0 Å². The fourth-order valence-corrected chi connectivity index (χ4v) is 5.15. The second-order valence-corrected chi connectivity index (χ2v) is 9.84. The van der Waals surface area contributed by atoms with E-state index in [4.69, 9.17) is 4.74 Å². The maximum atomic E-state index is 14.0. The van der Waals surface area contributed by atoms with Crippen LogP contribution in [0.15, 0.2) is 24.5 Å². The predicted molar refractivity (Wildman–Crippen MR) is 132 cm³/mol. The van der Waals surface area contributed by atoms with Gasteiger partial charge < -0.3 is 25.4 Å². The van der Waals surface area contributed by atoms with Crippen molar-refractivity contribution in [1.82, 2.24) is 20.2 Å². The molecule has 1 aliphatic rings.